The first kappa shape index (κ1) is 12.9. The van der Waals surface area contributed by atoms with Gasteiger partial charge in [-0.25, -0.2) is 4.98 Å². The summed E-state index contributed by atoms with van der Waals surface area (Å²) in [6, 6.07) is 3.91. The summed E-state index contributed by atoms with van der Waals surface area (Å²) < 4.78 is 0. The molecule has 0 bridgehead atoms. The number of hydrogen-bond acceptors (Lipinski definition) is 3. The van der Waals surface area contributed by atoms with Crippen molar-refractivity contribution in [2.24, 2.45) is 11.1 Å². The lowest BCUT2D eigenvalue weighted by atomic mass is 9.77. The molecule has 0 unspecified atom stereocenters. The summed E-state index contributed by atoms with van der Waals surface area (Å²) in [5.41, 5.74) is 7.26. The van der Waals surface area contributed by atoms with Crippen molar-refractivity contribution in [3.8, 4) is 0 Å². The van der Waals surface area contributed by atoms with Gasteiger partial charge in [-0.2, -0.15) is 0 Å². The molecule has 1 saturated heterocycles. The van der Waals surface area contributed by atoms with Gasteiger partial charge in [0.2, 0.25) is 0 Å². The number of pyridine rings is 1. The van der Waals surface area contributed by atoms with E-state index in [1.807, 2.05) is 18.3 Å². The lowest BCUT2D eigenvalue weighted by molar-refractivity contribution is 0.226. The fourth-order valence-electron chi connectivity index (χ4n) is 3.58. The molecule has 2 fully saturated rings. The number of hydrogen-bond donors (Lipinski definition) is 1. The lowest BCUT2D eigenvalue weighted by Gasteiger charge is -2.40. The Kier molecular flexibility index (Phi) is 3.44. The van der Waals surface area contributed by atoms with Crippen molar-refractivity contribution in [2.75, 3.05) is 18.0 Å². The Morgan fingerprint density at radius 3 is 2.53 bits per heavy atom. The molecule has 0 radical (unpaired) electrons. The van der Waals surface area contributed by atoms with E-state index in [2.05, 4.69) is 9.88 Å². The zero-order valence-electron chi connectivity index (χ0n) is 11.3. The van der Waals surface area contributed by atoms with Gasteiger partial charge >= 0.3 is 0 Å². The Bertz CT molecular complexity index is 470. The third kappa shape index (κ3) is 2.59. The van der Waals surface area contributed by atoms with Gasteiger partial charge in [-0.3, -0.25) is 0 Å². The standard InChI is InChI=1S/C15H21N3S/c16-14(19)12-3-8-17-13(11-12)18-9-6-15(7-10-18)4-1-2-5-15/h3,8,11H,1-2,4-7,9-10H2,(H2,16,19). The van der Waals surface area contributed by atoms with Gasteiger partial charge in [0.25, 0.3) is 0 Å². The summed E-state index contributed by atoms with van der Waals surface area (Å²) in [6.07, 6.45) is 10.1. The summed E-state index contributed by atoms with van der Waals surface area (Å²) >= 11 is 5.04. The highest BCUT2D eigenvalue weighted by molar-refractivity contribution is 7.80. The second-order valence-electron chi connectivity index (χ2n) is 5.96. The van der Waals surface area contributed by atoms with Crippen LogP contribution in [0, 0.1) is 5.41 Å². The van der Waals surface area contributed by atoms with Crippen molar-refractivity contribution in [2.45, 2.75) is 38.5 Å². The Hall–Kier alpha value is -1.16. The largest absolute Gasteiger partial charge is 0.389 e. The third-order valence-corrected chi connectivity index (χ3v) is 5.08. The molecule has 4 heteroatoms. The maximum absolute atomic E-state index is 5.69. The van der Waals surface area contributed by atoms with Crippen LogP contribution in [-0.2, 0) is 0 Å². The summed E-state index contributed by atoms with van der Waals surface area (Å²) in [5.74, 6) is 1.03. The van der Waals surface area contributed by atoms with E-state index in [1.165, 1.54) is 38.5 Å². The van der Waals surface area contributed by atoms with Gasteiger partial charge in [0, 0.05) is 24.8 Å². The fourth-order valence-corrected chi connectivity index (χ4v) is 3.71. The van der Waals surface area contributed by atoms with Gasteiger partial charge in [-0.05, 0) is 43.2 Å². The van der Waals surface area contributed by atoms with Gasteiger partial charge in [-0.15, -0.1) is 0 Å². The van der Waals surface area contributed by atoms with Crippen molar-refractivity contribution in [1.82, 2.24) is 4.98 Å². The molecule has 2 aliphatic rings. The predicted molar refractivity (Wildman–Crippen MR) is 82.5 cm³/mol. The van der Waals surface area contributed by atoms with E-state index in [0.29, 0.717) is 10.4 Å². The lowest BCUT2D eigenvalue weighted by Crippen LogP contribution is -2.39. The molecule has 1 aromatic heterocycles. The van der Waals surface area contributed by atoms with Crippen LogP contribution in [0.5, 0.6) is 0 Å². The molecule has 3 rings (SSSR count). The third-order valence-electron chi connectivity index (χ3n) is 4.84. The van der Waals surface area contributed by atoms with Crippen molar-refractivity contribution >= 4 is 23.0 Å². The van der Waals surface area contributed by atoms with Crippen LogP contribution >= 0.6 is 12.2 Å². The highest BCUT2D eigenvalue weighted by atomic mass is 32.1. The molecule has 2 heterocycles. The number of aromatic nitrogens is 1. The smallest absolute Gasteiger partial charge is 0.129 e. The molecule has 102 valence electrons. The molecular formula is C15H21N3S. The topological polar surface area (TPSA) is 42.1 Å². The minimum Gasteiger partial charge on any atom is -0.389 e. The van der Waals surface area contributed by atoms with E-state index in [4.69, 9.17) is 18.0 Å². The second-order valence-corrected chi connectivity index (χ2v) is 6.40. The molecule has 19 heavy (non-hydrogen) atoms. The highest BCUT2D eigenvalue weighted by Gasteiger charge is 2.37. The Balaban J connectivity index is 1.71. The second kappa shape index (κ2) is 5.08. The predicted octanol–water partition coefficient (Wildman–Crippen LogP) is 2.88. The maximum atomic E-state index is 5.69. The van der Waals surface area contributed by atoms with Crippen molar-refractivity contribution < 1.29 is 0 Å². The van der Waals surface area contributed by atoms with Crippen molar-refractivity contribution in [3.63, 3.8) is 0 Å². The van der Waals surface area contributed by atoms with Gasteiger partial charge in [0.15, 0.2) is 0 Å². The summed E-state index contributed by atoms with van der Waals surface area (Å²) in [5, 5.41) is 0. The normalized spacial score (nSPS) is 21.8. The molecule has 1 aliphatic carbocycles. The quantitative estimate of drug-likeness (QED) is 0.843. The number of thiocarbonyl (C=S) groups is 1. The molecule has 1 aromatic rings. The molecule has 1 aliphatic heterocycles. The highest BCUT2D eigenvalue weighted by Crippen LogP contribution is 2.46. The number of anilines is 1. The van der Waals surface area contributed by atoms with Gasteiger partial charge in [-0.1, -0.05) is 25.1 Å². The number of nitrogens with zero attached hydrogens (tertiary/aromatic N) is 2. The zero-order chi connectivity index (χ0) is 13.3. The molecule has 1 spiro atoms. The minimum absolute atomic E-state index is 0.452. The Morgan fingerprint density at radius 2 is 1.89 bits per heavy atom. The molecular weight excluding hydrogens is 254 g/mol. The van der Waals surface area contributed by atoms with Crippen LogP contribution in [0.1, 0.15) is 44.1 Å². The first-order chi connectivity index (χ1) is 9.19. The Labute approximate surface area is 120 Å². The minimum atomic E-state index is 0.452. The number of piperidine rings is 1. The van der Waals surface area contributed by atoms with Gasteiger partial charge in [0.1, 0.15) is 10.8 Å². The van der Waals surface area contributed by atoms with E-state index in [-0.39, 0.29) is 0 Å². The van der Waals surface area contributed by atoms with E-state index >= 15 is 0 Å². The maximum Gasteiger partial charge on any atom is 0.129 e. The van der Waals surface area contributed by atoms with Crippen LogP contribution in [0.3, 0.4) is 0 Å². The van der Waals surface area contributed by atoms with E-state index in [9.17, 15) is 0 Å². The van der Waals surface area contributed by atoms with Gasteiger partial charge in [0.05, 0.1) is 0 Å². The molecule has 0 aromatic carbocycles. The van der Waals surface area contributed by atoms with E-state index in [1.54, 1.807) is 0 Å². The van der Waals surface area contributed by atoms with E-state index in [0.717, 1.165) is 24.5 Å². The van der Waals surface area contributed by atoms with E-state index < -0.39 is 0 Å². The van der Waals surface area contributed by atoms with Gasteiger partial charge < -0.3 is 10.6 Å². The monoisotopic (exact) mass is 275 g/mol. The fraction of sp³-hybridized carbons (Fsp3) is 0.600. The first-order valence-electron chi connectivity index (χ1n) is 7.19. The van der Waals surface area contributed by atoms with Crippen LogP contribution in [0.15, 0.2) is 18.3 Å². The van der Waals surface area contributed by atoms with Crippen molar-refractivity contribution in [3.05, 3.63) is 23.9 Å². The number of nitrogens with two attached hydrogens (primary N) is 1. The average molecular weight is 275 g/mol. The van der Waals surface area contributed by atoms with Crippen LogP contribution in [0.2, 0.25) is 0 Å². The Morgan fingerprint density at radius 1 is 1.21 bits per heavy atom. The summed E-state index contributed by atoms with van der Waals surface area (Å²) in [6.45, 7) is 2.24. The molecule has 2 N–H and O–H groups in total. The summed E-state index contributed by atoms with van der Waals surface area (Å²) in [4.78, 5) is 7.30. The molecule has 0 atom stereocenters. The zero-order valence-corrected chi connectivity index (χ0v) is 12.1. The molecule has 0 amide bonds. The number of rotatable bonds is 2. The van der Waals surface area contributed by atoms with Crippen LogP contribution in [0.4, 0.5) is 5.82 Å². The van der Waals surface area contributed by atoms with Crippen LogP contribution in [-0.4, -0.2) is 23.1 Å². The van der Waals surface area contributed by atoms with Crippen molar-refractivity contribution in [1.29, 1.82) is 0 Å². The molecule has 3 nitrogen and oxygen atoms in total. The SMILES string of the molecule is NC(=S)c1ccnc(N2CCC3(CCCC3)CC2)c1. The first-order valence-corrected chi connectivity index (χ1v) is 7.60. The molecule has 1 saturated carbocycles. The average Bonchev–Trinajstić information content (AvgIpc) is 2.88. The van der Waals surface area contributed by atoms with Crippen LogP contribution in [0.25, 0.3) is 0 Å². The van der Waals surface area contributed by atoms with Crippen LogP contribution < -0.4 is 10.6 Å². The summed E-state index contributed by atoms with van der Waals surface area (Å²) in [7, 11) is 0.